The van der Waals surface area contributed by atoms with E-state index in [1.807, 2.05) is 6.92 Å². The van der Waals surface area contributed by atoms with Gasteiger partial charge >= 0.3 is 5.97 Å². The van der Waals surface area contributed by atoms with Gasteiger partial charge < -0.3 is 15.2 Å². The fourth-order valence-corrected chi connectivity index (χ4v) is 1.55. The zero-order chi connectivity index (χ0) is 14.1. The van der Waals surface area contributed by atoms with E-state index in [1.54, 1.807) is 30.3 Å². The number of amides is 1. The lowest BCUT2D eigenvalue weighted by Crippen LogP contribution is -2.36. The molecule has 1 aromatic rings. The summed E-state index contributed by atoms with van der Waals surface area (Å²) in [5.41, 5.74) is 0.539. The SMILES string of the molecule is CCCCOCC(=O)N[C@@H](C(=O)O)c1ccccc1. The minimum atomic E-state index is -1.09. The van der Waals surface area contributed by atoms with E-state index in [9.17, 15) is 9.59 Å². The zero-order valence-electron chi connectivity index (χ0n) is 11.0. The van der Waals surface area contributed by atoms with E-state index in [1.165, 1.54) is 0 Å². The van der Waals surface area contributed by atoms with Crippen molar-refractivity contribution in [2.75, 3.05) is 13.2 Å². The van der Waals surface area contributed by atoms with Crippen LogP contribution in [-0.2, 0) is 14.3 Å². The normalized spacial score (nSPS) is 11.8. The molecule has 0 spiro atoms. The van der Waals surface area contributed by atoms with Crippen molar-refractivity contribution in [1.82, 2.24) is 5.32 Å². The average molecular weight is 265 g/mol. The number of rotatable bonds is 8. The van der Waals surface area contributed by atoms with Crippen LogP contribution in [0.5, 0.6) is 0 Å². The van der Waals surface area contributed by atoms with Gasteiger partial charge in [0.25, 0.3) is 0 Å². The molecule has 0 aliphatic rings. The lowest BCUT2D eigenvalue weighted by molar-refractivity contribution is -0.142. The Morgan fingerprint density at radius 2 is 2.00 bits per heavy atom. The van der Waals surface area contributed by atoms with Crippen LogP contribution >= 0.6 is 0 Å². The van der Waals surface area contributed by atoms with Crippen molar-refractivity contribution in [3.05, 3.63) is 35.9 Å². The van der Waals surface area contributed by atoms with E-state index in [0.29, 0.717) is 12.2 Å². The molecule has 1 aromatic carbocycles. The summed E-state index contributed by atoms with van der Waals surface area (Å²) in [6, 6.07) is 7.54. The van der Waals surface area contributed by atoms with E-state index in [-0.39, 0.29) is 6.61 Å². The maximum Gasteiger partial charge on any atom is 0.330 e. The first-order valence-electron chi connectivity index (χ1n) is 6.30. The van der Waals surface area contributed by atoms with Crippen LogP contribution in [0.25, 0.3) is 0 Å². The van der Waals surface area contributed by atoms with Gasteiger partial charge in [0.1, 0.15) is 6.61 Å². The first kappa shape index (κ1) is 15.2. The predicted molar refractivity (Wildman–Crippen MR) is 70.7 cm³/mol. The monoisotopic (exact) mass is 265 g/mol. The molecule has 0 aliphatic carbocycles. The number of hydrogen-bond donors (Lipinski definition) is 2. The number of carboxylic acid groups (broad SMARTS) is 1. The number of hydrogen-bond acceptors (Lipinski definition) is 3. The number of unbranched alkanes of at least 4 members (excludes halogenated alkanes) is 1. The van der Waals surface area contributed by atoms with Crippen molar-refractivity contribution in [1.29, 1.82) is 0 Å². The molecule has 2 N–H and O–H groups in total. The third kappa shape index (κ3) is 5.52. The molecule has 0 bridgehead atoms. The second-order valence-electron chi connectivity index (χ2n) is 4.16. The Labute approximate surface area is 112 Å². The molecule has 5 heteroatoms. The maximum atomic E-state index is 11.6. The van der Waals surface area contributed by atoms with Gasteiger partial charge in [-0.2, -0.15) is 0 Å². The molecule has 0 aromatic heterocycles. The molecule has 0 fully saturated rings. The van der Waals surface area contributed by atoms with Gasteiger partial charge in [-0.05, 0) is 12.0 Å². The van der Waals surface area contributed by atoms with Gasteiger partial charge in [0.15, 0.2) is 6.04 Å². The molecule has 0 heterocycles. The summed E-state index contributed by atoms with van der Waals surface area (Å²) in [6.07, 6.45) is 1.87. The van der Waals surface area contributed by atoms with Crippen molar-refractivity contribution < 1.29 is 19.4 Å². The molecule has 1 rings (SSSR count). The van der Waals surface area contributed by atoms with Crippen LogP contribution < -0.4 is 5.32 Å². The van der Waals surface area contributed by atoms with Crippen LogP contribution in [0.3, 0.4) is 0 Å². The standard InChI is InChI=1S/C14H19NO4/c1-2-3-9-19-10-12(16)15-13(14(17)18)11-7-5-4-6-8-11/h4-8,13H,2-3,9-10H2,1H3,(H,15,16)(H,17,18)/t13-/m1/s1. The topological polar surface area (TPSA) is 75.6 Å². The number of carbonyl (C=O) groups excluding carboxylic acids is 1. The number of aliphatic carboxylic acids is 1. The molecule has 0 saturated heterocycles. The molecular formula is C14H19NO4. The van der Waals surface area contributed by atoms with Crippen LogP contribution in [0, 0.1) is 0 Å². The summed E-state index contributed by atoms with van der Waals surface area (Å²) in [4.78, 5) is 22.8. The first-order chi connectivity index (χ1) is 9.15. The maximum absolute atomic E-state index is 11.6. The minimum absolute atomic E-state index is 0.114. The molecule has 5 nitrogen and oxygen atoms in total. The lowest BCUT2D eigenvalue weighted by Gasteiger charge is -2.14. The Morgan fingerprint density at radius 1 is 1.32 bits per heavy atom. The number of carboxylic acids is 1. The molecule has 19 heavy (non-hydrogen) atoms. The second kappa shape index (κ2) is 8.26. The Balaban J connectivity index is 2.51. The number of nitrogens with one attached hydrogen (secondary N) is 1. The van der Waals surface area contributed by atoms with Gasteiger partial charge in [-0.1, -0.05) is 43.7 Å². The van der Waals surface area contributed by atoms with E-state index in [0.717, 1.165) is 12.8 Å². The van der Waals surface area contributed by atoms with Crippen LogP contribution in [0.1, 0.15) is 31.4 Å². The van der Waals surface area contributed by atoms with E-state index in [2.05, 4.69) is 5.32 Å². The zero-order valence-corrected chi connectivity index (χ0v) is 11.0. The Hall–Kier alpha value is -1.88. The average Bonchev–Trinajstić information content (AvgIpc) is 2.41. The third-order valence-corrected chi connectivity index (χ3v) is 2.56. The second-order valence-corrected chi connectivity index (χ2v) is 4.16. The quantitative estimate of drug-likeness (QED) is 0.702. The van der Waals surface area contributed by atoms with Gasteiger partial charge in [0.2, 0.25) is 5.91 Å². The highest BCUT2D eigenvalue weighted by molar-refractivity contribution is 5.85. The molecule has 0 aliphatic heterocycles. The Bertz CT molecular complexity index is 405. The Kier molecular flexibility index (Phi) is 6.60. The smallest absolute Gasteiger partial charge is 0.330 e. The van der Waals surface area contributed by atoms with Gasteiger partial charge in [-0.25, -0.2) is 4.79 Å². The van der Waals surface area contributed by atoms with Crippen LogP contribution in [0.15, 0.2) is 30.3 Å². The summed E-state index contributed by atoms with van der Waals surface area (Å²) < 4.78 is 5.15. The third-order valence-electron chi connectivity index (χ3n) is 2.56. The fraction of sp³-hybridized carbons (Fsp3) is 0.429. The number of carbonyl (C=O) groups is 2. The summed E-state index contributed by atoms with van der Waals surface area (Å²) in [5, 5.41) is 11.6. The molecule has 104 valence electrons. The van der Waals surface area contributed by atoms with Gasteiger partial charge in [-0.3, -0.25) is 4.79 Å². The highest BCUT2D eigenvalue weighted by Crippen LogP contribution is 2.12. The van der Waals surface area contributed by atoms with Gasteiger partial charge in [0, 0.05) is 6.61 Å². The minimum Gasteiger partial charge on any atom is -0.479 e. The molecule has 0 radical (unpaired) electrons. The van der Waals surface area contributed by atoms with Crippen molar-refractivity contribution in [3.63, 3.8) is 0 Å². The van der Waals surface area contributed by atoms with Gasteiger partial charge in [0.05, 0.1) is 0 Å². The summed E-state index contributed by atoms with van der Waals surface area (Å²) in [5.74, 6) is -1.51. The number of ether oxygens (including phenoxy) is 1. The first-order valence-corrected chi connectivity index (χ1v) is 6.30. The molecule has 1 atom stereocenters. The highest BCUT2D eigenvalue weighted by atomic mass is 16.5. The van der Waals surface area contributed by atoms with Crippen LogP contribution in [-0.4, -0.2) is 30.2 Å². The van der Waals surface area contributed by atoms with Crippen LogP contribution in [0.4, 0.5) is 0 Å². The summed E-state index contributed by atoms with van der Waals surface area (Å²) in [7, 11) is 0. The highest BCUT2D eigenvalue weighted by Gasteiger charge is 2.21. The Morgan fingerprint density at radius 3 is 2.58 bits per heavy atom. The molecule has 1 amide bonds. The predicted octanol–water partition coefficient (Wildman–Crippen LogP) is 1.75. The van der Waals surface area contributed by atoms with Crippen molar-refractivity contribution in [2.45, 2.75) is 25.8 Å². The molecule has 0 saturated carbocycles. The summed E-state index contributed by atoms with van der Waals surface area (Å²) in [6.45, 7) is 2.42. The van der Waals surface area contributed by atoms with Gasteiger partial charge in [-0.15, -0.1) is 0 Å². The summed E-state index contributed by atoms with van der Waals surface area (Å²) >= 11 is 0. The molecular weight excluding hydrogens is 246 g/mol. The van der Waals surface area contributed by atoms with Crippen molar-refractivity contribution in [2.24, 2.45) is 0 Å². The fourth-order valence-electron chi connectivity index (χ4n) is 1.55. The van der Waals surface area contributed by atoms with E-state index in [4.69, 9.17) is 9.84 Å². The lowest BCUT2D eigenvalue weighted by atomic mass is 10.1. The van der Waals surface area contributed by atoms with Crippen molar-refractivity contribution >= 4 is 11.9 Å². The van der Waals surface area contributed by atoms with E-state index >= 15 is 0 Å². The largest absolute Gasteiger partial charge is 0.479 e. The number of benzene rings is 1. The van der Waals surface area contributed by atoms with E-state index < -0.39 is 17.9 Å². The molecule has 0 unspecified atom stereocenters. The van der Waals surface area contributed by atoms with Crippen molar-refractivity contribution in [3.8, 4) is 0 Å². The van der Waals surface area contributed by atoms with Crippen LogP contribution in [0.2, 0.25) is 0 Å².